The number of hydrogen-bond acceptors (Lipinski definition) is 5. The summed E-state index contributed by atoms with van der Waals surface area (Å²) >= 11 is 0. The lowest BCUT2D eigenvalue weighted by molar-refractivity contribution is 0.100. The third-order valence-electron chi connectivity index (χ3n) is 2.87. The molecule has 0 aliphatic carbocycles. The number of carbonyl (C=O) groups is 1. The van der Waals surface area contributed by atoms with Gasteiger partial charge in [-0.15, -0.1) is 0 Å². The number of carbonyl (C=O) groups excluding carboxylic acids is 1. The number of anilines is 1. The monoisotopic (exact) mass is 304 g/mol. The lowest BCUT2D eigenvalue weighted by Crippen LogP contribution is -2.10. The molecule has 6 heteroatoms. The number of nitrogens with zero attached hydrogens (tertiary/aromatic N) is 2. The molecule has 0 spiro atoms. The first-order valence-corrected chi connectivity index (χ1v) is 6.57. The summed E-state index contributed by atoms with van der Waals surface area (Å²) in [4.78, 5) is 11.0. The molecule has 0 aliphatic heterocycles. The van der Waals surface area contributed by atoms with Crippen molar-refractivity contribution in [2.45, 2.75) is 0 Å². The van der Waals surface area contributed by atoms with Gasteiger partial charge in [-0.2, -0.15) is 10.5 Å². The number of nitriles is 2. The Bertz CT molecular complexity index is 811. The molecule has 3 N–H and O–H groups in total. The minimum absolute atomic E-state index is 0.0504. The topological polar surface area (TPSA) is 112 Å². The highest BCUT2D eigenvalue weighted by Gasteiger charge is 2.05. The van der Waals surface area contributed by atoms with E-state index >= 15 is 0 Å². The number of para-hydroxylation sites is 2. The molecule has 0 saturated heterocycles. The summed E-state index contributed by atoms with van der Waals surface area (Å²) in [6.45, 7) is 0. The lowest BCUT2D eigenvalue weighted by atomic mass is 10.2. The average Bonchev–Trinajstić information content (AvgIpc) is 2.57. The largest absolute Gasteiger partial charge is 0.455 e. The molecule has 6 nitrogen and oxygen atoms in total. The molecule has 0 aliphatic rings. The van der Waals surface area contributed by atoms with Gasteiger partial charge in [0.2, 0.25) is 5.91 Å². The molecule has 0 aromatic heterocycles. The smallest absolute Gasteiger partial charge is 0.248 e. The summed E-state index contributed by atoms with van der Waals surface area (Å²) in [5, 5.41) is 20.3. The molecule has 0 radical (unpaired) electrons. The second-order valence-corrected chi connectivity index (χ2v) is 4.41. The Hall–Kier alpha value is -3.77. The Labute approximate surface area is 133 Å². The Morgan fingerprint density at radius 3 is 2.35 bits per heavy atom. The molecule has 2 aromatic rings. The molecule has 0 fully saturated rings. The summed E-state index contributed by atoms with van der Waals surface area (Å²) in [6.07, 6.45) is 1.30. The van der Waals surface area contributed by atoms with Crippen LogP contribution in [0, 0.1) is 22.7 Å². The first-order chi connectivity index (χ1) is 11.1. The van der Waals surface area contributed by atoms with Crippen molar-refractivity contribution in [2.75, 3.05) is 5.32 Å². The highest BCUT2D eigenvalue weighted by molar-refractivity contribution is 5.92. The molecular formula is C17H12N4O2. The van der Waals surface area contributed by atoms with Crippen LogP contribution in [0.1, 0.15) is 10.4 Å². The number of primary amides is 1. The van der Waals surface area contributed by atoms with Gasteiger partial charge in [0.15, 0.2) is 5.75 Å². The molecule has 0 atom stereocenters. The Kier molecular flexibility index (Phi) is 4.96. The van der Waals surface area contributed by atoms with Crippen LogP contribution < -0.4 is 15.8 Å². The maximum atomic E-state index is 11.0. The second kappa shape index (κ2) is 7.30. The second-order valence-electron chi connectivity index (χ2n) is 4.41. The molecule has 2 rings (SSSR count). The van der Waals surface area contributed by atoms with Crippen LogP contribution in [0.25, 0.3) is 0 Å². The van der Waals surface area contributed by atoms with Crippen molar-refractivity contribution in [3.63, 3.8) is 0 Å². The minimum atomic E-state index is -0.510. The maximum absolute atomic E-state index is 11.0. The Balaban J connectivity index is 2.21. The van der Waals surface area contributed by atoms with Crippen molar-refractivity contribution in [1.29, 1.82) is 10.5 Å². The van der Waals surface area contributed by atoms with Gasteiger partial charge in [-0.1, -0.05) is 12.1 Å². The minimum Gasteiger partial charge on any atom is -0.455 e. The summed E-state index contributed by atoms with van der Waals surface area (Å²) < 4.78 is 5.73. The van der Waals surface area contributed by atoms with E-state index in [0.717, 1.165) is 0 Å². The fourth-order valence-corrected chi connectivity index (χ4v) is 1.73. The lowest BCUT2D eigenvalue weighted by Gasteiger charge is -2.11. The van der Waals surface area contributed by atoms with Crippen LogP contribution in [0.15, 0.2) is 60.3 Å². The molecule has 1 amide bonds. The van der Waals surface area contributed by atoms with Crippen molar-refractivity contribution in [1.82, 2.24) is 0 Å². The predicted octanol–water partition coefficient (Wildman–Crippen LogP) is 2.92. The highest BCUT2D eigenvalue weighted by Crippen LogP contribution is 2.29. The number of nitrogens with two attached hydrogens (primary N) is 1. The molecule has 2 aromatic carbocycles. The fourth-order valence-electron chi connectivity index (χ4n) is 1.73. The third kappa shape index (κ3) is 4.10. The van der Waals surface area contributed by atoms with Gasteiger partial charge in [0.1, 0.15) is 23.5 Å². The van der Waals surface area contributed by atoms with E-state index < -0.39 is 5.91 Å². The number of amides is 1. The van der Waals surface area contributed by atoms with Crippen LogP contribution in [0.3, 0.4) is 0 Å². The van der Waals surface area contributed by atoms with Gasteiger partial charge in [0, 0.05) is 11.8 Å². The van der Waals surface area contributed by atoms with Gasteiger partial charge >= 0.3 is 0 Å². The van der Waals surface area contributed by atoms with Crippen LogP contribution in [-0.4, -0.2) is 5.91 Å². The van der Waals surface area contributed by atoms with E-state index in [1.807, 2.05) is 0 Å². The normalized spacial score (nSPS) is 9.13. The molecule has 0 unspecified atom stereocenters. The standard InChI is InChI=1S/C17H12N4O2/c18-9-12(10-19)11-21-15-3-1-2-4-16(15)23-14-7-5-13(6-8-14)17(20)22/h1-8,11,21H,(H2,20,22). The zero-order valence-electron chi connectivity index (χ0n) is 12.0. The van der Waals surface area contributed by atoms with E-state index in [0.29, 0.717) is 22.7 Å². The van der Waals surface area contributed by atoms with E-state index in [2.05, 4.69) is 5.32 Å². The first kappa shape index (κ1) is 15.6. The zero-order chi connectivity index (χ0) is 16.7. The van der Waals surface area contributed by atoms with E-state index in [-0.39, 0.29) is 5.57 Å². The molecule has 112 valence electrons. The van der Waals surface area contributed by atoms with Crippen molar-refractivity contribution >= 4 is 11.6 Å². The Morgan fingerprint density at radius 1 is 1.09 bits per heavy atom. The van der Waals surface area contributed by atoms with Crippen molar-refractivity contribution in [2.24, 2.45) is 5.73 Å². The first-order valence-electron chi connectivity index (χ1n) is 6.57. The molecular weight excluding hydrogens is 292 g/mol. The van der Waals surface area contributed by atoms with Crippen LogP contribution >= 0.6 is 0 Å². The van der Waals surface area contributed by atoms with E-state index in [1.54, 1.807) is 60.7 Å². The summed E-state index contributed by atoms with van der Waals surface area (Å²) in [7, 11) is 0. The number of nitrogens with one attached hydrogen (secondary N) is 1. The van der Waals surface area contributed by atoms with Crippen molar-refractivity contribution in [3.05, 3.63) is 65.9 Å². The van der Waals surface area contributed by atoms with Crippen molar-refractivity contribution < 1.29 is 9.53 Å². The van der Waals surface area contributed by atoms with Gasteiger partial charge in [-0.25, -0.2) is 0 Å². The highest BCUT2D eigenvalue weighted by atomic mass is 16.5. The number of rotatable bonds is 5. The van der Waals surface area contributed by atoms with Crippen LogP contribution in [0.5, 0.6) is 11.5 Å². The van der Waals surface area contributed by atoms with Crippen molar-refractivity contribution in [3.8, 4) is 23.6 Å². The molecule has 0 heterocycles. The summed E-state index contributed by atoms with van der Waals surface area (Å²) in [5.74, 6) is 0.518. The van der Waals surface area contributed by atoms with Gasteiger partial charge in [0.05, 0.1) is 5.69 Å². The Morgan fingerprint density at radius 2 is 1.74 bits per heavy atom. The third-order valence-corrected chi connectivity index (χ3v) is 2.87. The van der Waals surface area contributed by atoms with Crippen LogP contribution in [0.4, 0.5) is 5.69 Å². The number of ether oxygens (including phenoxy) is 1. The number of allylic oxidation sites excluding steroid dienone is 1. The average molecular weight is 304 g/mol. The summed E-state index contributed by atoms with van der Waals surface area (Å²) in [6, 6.07) is 17.0. The maximum Gasteiger partial charge on any atom is 0.248 e. The fraction of sp³-hybridized carbons (Fsp3) is 0. The van der Waals surface area contributed by atoms with E-state index in [4.69, 9.17) is 21.0 Å². The predicted molar refractivity (Wildman–Crippen MR) is 84.4 cm³/mol. The molecule has 0 bridgehead atoms. The number of hydrogen-bond donors (Lipinski definition) is 2. The van der Waals surface area contributed by atoms with E-state index in [1.165, 1.54) is 6.20 Å². The van der Waals surface area contributed by atoms with Crippen LogP contribution in [-0.2, 0) is 0 Å². The van der Waals surface area contributed by atoms with Crippen LogP contribution in [0.2, 0.25) is 0 Å². The van der Waals surface area contributed by atoms with Gasteiger partial charge in [-0.05, 0) is 36.4 Å². The van der Waals surface area contributed by atoms with E-state index in [9.17, 15) is 4.79 Å². The van der Waals surface area contributed by atoms with Gasteiger partial charge in [0.25, 0.3) is 0 Å². The van der Waals surface area contributed by atoms with Gasteiger partial charge < -0.3 is 15.8 Å². The number of benzene rings is 2. The quantitative estimate of drug-likeness (QED) is 0.825. The molecule has 23 heavy (non-hydrogen) atoms. The molecule has 0 saturated carbocycles. The zero-order valence-corrected chi connectivity index (χ0v) is 12.0. The SMILES string of the molecule is N#CC(C#N)=CNc1ccccc1Oc1ccc(C(N)=O)cc1. The summed E-state index contributed by atoms with van der Waals surface area (Å²) in [5.41, 5.74) is 6.12. The van der Waals surface area contributed by atoms with Gasteiger partial charge in [-0.3, -0.25) is 4.79 Å².